The Morgan fingerprint density at radius 1 is 1.28 bits per heavy atom. The van der Waals surface area contributed by atoms with E-state index >= 15 is 0 Å². The third-order valence-corrected chi connectivity index (χ3v) is 5.25. The molecule has 25 heavy (non-hydrogen) atoms. The van der Waals surface area contributed by atoms with Crippen LogP contribution in [0, 0.1) is 5.92 Å². The number of carbonyl (C=O) groups excluding carboxylic acids is 1. The Bertz CT molecular complexity index is 605. The maximum atomic E-state index is 12.8. The normalized spacial score (nSPS) is 27.1. The minimum absolute atomic E-state index is 0.00535. The molecule has 6 heteroatoms. The van der Waals surface area contributed by atoms with Crippen molar-refractivity contribution < 1.29 is 18.0 Å². The maximum Gasteiger partial charge on any atom is 0.416 e. The van der Waals surface area contributed by atoms with E-state index in [2.05, 4.69) is 10.6 Å². The Kier molecular flexibility index (Phi) is 5.37. The first-order valence-corrected chi connectivity index (χ1v) is 9.01. The molecule has 0 aliphatic carbocycles. The molecule has 0 radical (unpaired) electrons. The molecule has 2 unspecified atom stereocenters. The van der Waals surface area contributed by atoms with Crippen molar-refractivity contribution in [2.45, 2.75) is 69.8 Å². The summed E-state index contributed by atoms with van der Waals surface area (Å²) in [6.07, 6.45) is 1.08. The predicted octanol–water partition coefficient (Wildman–Crippen LogP) is 3.67. The van der Waals surface area contributed by atoms with Crippen molar-refractivity contribution in [1.29, 1.82) is 0 Å². The van der Waals surface area contributed by atoms with Crippen LogP contribution in [0.25, 0.3) is 0 Å². The van der Waals surface area contributed by atoms with Gasteiger partial charge in [0.05, 0.1) is 5.56 Å². The van der Waals surface area contributed by atoms with E-state index in [1.54, 1.807) is 6.07 Å². The lowest BCUT2D eigenvalue weighted by Gasteiger charge is -2.29. The van der Waals surface area contributed by atoms with Crippen LogP contribution in [-0.2, 0) is 17.4 Å². The number of piperidine rings is 1. The third kappa shape index (κ3) is 4.97. The monoisotopic (exact) mass is 354 g/mol. The standard InChI is InChI=1S/C19H25F3N2O/c1-12(7-13-3-2-4-15(8-13)19(20,21)22)23-18(25)11-14-9-16-5-6-17(10-14)24-16/h2-4,8,12,14,16-17,24H,5-7,9-11H2,1H3,(H,23,25)/t12-,14?,16?,17?/m1/s1. The molecule has 138 valence electrons. The number of halogens is 3. The van der Waals surface area contributed by atoms with Gasteiger partial charge in [0.15, 0.2) is 0 Å². The second kappa shape index (κ2) is 7.36. The summed E-state index contributed by atoms with van der Waals surface area (Å²) in [5, 5.41) is 6.50. The van der Waals surface area contributed by atoms with E-state index < -0.39 is 11.7 Å². The molecule has 1 amide bonds. The molecule has 2 aliphatic rings. The summed E-state index contributed by atoms with van der Waals surface area (Å²) in [7, 11) is 0. The van der Waals surface area contributed by atoms with Gasteiger partial charge in [0.2, 0.25) is 5.91 Å². The molecule has 1 aromatic rings. The summed E-state index contributed by atoms with van der Waals surface area (Å²) in [5.41, 5.74) is -0.0590. The van der Waals surface area contributed by atoms with E-state index in [1.807, 2.05) is 6.92 Å². The predicted molar refractivity (Wildman–Crippen MR) is 90.0 cm³/mol. The highest BCUT2D eigenvalue weighted by Gasteiger charge is 2.34. The van der Waals surface area contributed by atoms with Crippen LogP contribution in [0.2, 0.25) is 0 Å². The van der Waals surface area contributed by atoms with Crippen molar-refractivity contribution in [2.24, 2.45) is 5.92 Å². The van der Waals surface area contributed by atoms with Gasteiger partial charge in [-0.3, -0.25) is 4.79 Å². The zero-order chi connectivity index (χ0) is 18.0. The fourth-order valence-corrected chi connectivity index (χ4v) is 4.22. The topological polar surface area (TPSA) is 41.1 Å². The molecule has 2 fully saturated rings. The van der Waals surface area contributed by atoms with Crippen LogP contribution in [0.5, 0.6) is 0 Å². The van der Waals surface area contributed by atoms with Gasteiger partial charge < -0.3 is 10.6 Å². The highest BCUT2D eigenvalue weighted by molar-refractivity contribution is 5.76. The first-order valence-electron chi connectivity index (χ1n) is 9.01. The minimum Gasteiger partial charge on any atom is -0.353 e. The zero-order valence-corrected chi connectivity index (χ0v) is 14.4. The lowest BCUT2D eigenvalue weighted by atomic mass is 9.89. The number of fused-ring (bicyclic) bond motifs is 2. The maximum absolute atomic E-state index is 12.8. The fourth-order valence-electron chi connectivity index (χ4n) is 4.22. The van der Waals surface area contributed by atoms with Gasteiger partial charge >= 0.3 is 6.18 Å². The van der Waals surface area contributed by atoms with Gasteiger partial charge in [-0.15, -0.1) is 0 Å². The number of carbonyl (C=O) groups is 1. The lowest BCUT2D eigenvalue weighted by molar-refractivity contribution is -0.137. The Morgan fingerprint density at radius 3 is 2.60 bits per heavy atom. The highest BCUT2D eigenvalue weighted by atomic mass is 19.4. The number of amides is 1. The average molecular weight is 354 g/mol. The van der Waals surface area contributed by atoms with Crippen LogP contribution in [0.15, 0.2) is 24.3 Å². The first-order chi connectivity index (χ1) is 11.8. The summed E-state index contributed by atoms with van der Waals surface area (Å²) in [6.45, 7) is 1.84. The van der Waals surface area contributed by atoms with Gasteiger partial charge in [-0.25, -0.2) is 0 Å². The summed E-state index contributed by atoms with van der Waals surface area (Å²) < 4.78 is 38.3. The van der Waals surface area contributed by atoms with Crippen LogP contribution in [0.3, 0.4) is 0 Å². The molecule has 3 atom stereocenters. The fraction of sp³-hybridized carbons (Fsp3) is 0.632. The Morgan fingerprint density at radius 2 is 1.96 bits per heavy atom. The molecule has 3 nitrogen and oxygen atoms in total. The number of rotatable bonds is 5. The zero-order valence-electron chi connectivity index (χ0n) is 14.4. The molecule has 2 bridgehead atoms. The number of hydrogen-bond donors (Lipinski definition) is 2. The number of benzene rings is 1. The molecule has 2 aliphatic heterocycles. The Labute approximate surface area is 146 Å². The van der Waals surface area contributed by atoms with Crippen molar-refractivity contribution in [3.63, 3.8) is 0 Å². The van der Waals surface area contributed by atoms with E-state index in [4.69, 9.17) is 0 Å². The molecular weight excluding hydrogens is 329 g/mol. The van der Waals surface area contributed by atoms with Crippen molar-refractivity contribution in [2.75, 3.05) is 0 Å². The highest BCUT2D eigenvalue weighted by Crippen LogP contribution is 2.32. The molecule has 1 aromatic carbocycles. The largest absolute Gasteiger partial charge is 0.416 e. The SMILES string of the molecule is C[C@H](Cc1cccc(C(F)(F)F)c1)NC(=O)CC1CC2CCC(C1)N2. The molecule has 0 saturated carbocycles. The van der Waals surface area contributed by atoms with Crippen LogP contribution in [0.1, 0.15) is 50.2 Å². The number of hydrogen-bond acceptors (Lipinski definition) is 2. The Balaban J connectivity index is 1.49. The average Bonchev–Trinajstić information content (AvgIpc) is 2.85. The smallest absolute Gasteiger partial charge is 0.353 e. The molecule has 2 N–H and O–H groups in total. The van der Waals surface area contributed by atoms with E-state index in [0.717, 1.165) is 25.0 Å². The van der Waals surface area contributed by atoms with Crippen molar-refractivity contribution >= 4 is 5.91 Å². The minimum atomic E-state index is -4.34. The van der Waals surface area contributed by atoms with Crippen LogP contribution >= 0.6 is 0 Å². The first kappa shape index (κ1) is 18.2. The second-order valence-electron chi connectivity index (χ2n) is 7.55. The van der Waals surface area contributed by atoms with E-state index in [0.29, 0.717) is 36.4 Å². The van der Waals surface area contributed by atoms with Crippen molar-refractivity contribution in [3.05, 3.63) is 35.4 Å². The van der Waals surface area contributed by atoms with E-state index in [1.165, 1.54) is 18.9 Å². The van der Waals surface area contributed by atoms with Crippen LogP contribution in [-0.4, -0.2) is 24.0 Å². The second-order valence-corrected chi connectivity index (χ2v) is 7.55. The van der Waals surface area contributed by atoms with Crippen molar-refractivity contribution in [1.82, 2.24) is 10.6 Å². The summed E-state index contributed by atoms with van der Waals surface area (Å²) >= 11 is 0. The lowest BCUT2D eigenvalue weighted by Crippen LogP contribution is -2.41. The van der Waals surface area contributed by atoms with Crippen LogP contribution in [0.4, 0.5) is 13.2 Å². The molecular formula is C19H25F3N2O. The molecule has 0 aromatic heterocycles. The van der Waals surface area contributed by atoms with Crippen molar-refractivity contribution in [3.8, 4) is 0 Å². The van der Waals surface area contributed by atoms with E-state index in [9.17, 15) is 18.0 Å². The van der Waals surface area contributed by atoms with Gasteiger partial charge in [-0.05, 0) is 56.6 Å². The summed E-state index contributed by atoms with van der Waals surface area (Å²) in [6, 6.07) is 6.23. The van der Waals surface area contributed by atoms with Gasteiger partial charge in [0.25, 0.3) is 0 Å². The summed E-state index contributed by atoms with van der Waals surface area (Å²) in [5.74, 6) is 0.422. The Hall–Kier alpha value is -1.56. The molecule has 0 spiro atoms. The molecule has 3 rings (SSSR count). The van der Waals surface area contributed by atoms with E-state index in [-0.39, 0.29) is 11.9 Å². The molecule has 2 heterocycles. The van der Waals surface area contributed by atoms with Gasteiger partial charge in [0, 0.05) is 24.5 Å². The quantitative estimate of drug-likeness (QED) is 0.847. The van der Waals surface area contributed by atoms with Gasteiger partial charge in [-0.1, -0.05) is 18.2 Å². The van der Waals surface area contributed by atoms with Crippen LogP contribution < -0.4 is 10.6 Å². The van der Waals surface area contributed by atoms with Gasteiger partial charge in [-0.2, -0.15) is 13.2 Å². The number of nitrogens with one attached hydrogen (secondary N) is 2. The number of alkyl halides is 3. The summed E-state index contributed by atoms with van der Waals surface area (Å²) in [4.78, 5) is 12.3. The third-order valence-electron chi connectivity index (χ3n) is 5.25. The molecule has 2 saturated heterocycles. The van der Waals surface area contributed by atoms with Gasteiger partial charge in [0.1, 0.15) is 0 Å².